The highest BCUT2D eigenvalue weighted by Crippen LogP contribution is 2.40. The van der Waals surface area contributed by atoms with Crippen LogP contribution in [0.2, 0.25) is 0 Å². The molecule has 2 N–H and O–H groups in total. The Kier molecular flexibility index (Phi) is 5.02. The molecule has 0 saturated heterocycles. The maximum atomic E-state index is 6.09. The second-order valence-corrected chi connectivity index (χ2v) is 7.01. The van der Waals surface area contributed by atoms with Gasteiger partial charge < -0.3 is 10.2 Å². The number of nitrogens with zero attached hydrogens (tertiary/aromatic N) is 1. The van der Waals surface area contributed by atoms with Gasteiger partial charge in [-0.15, -0.1) is 0 Å². The van der Waals surface area contributed by atoms with Crippen LogP contribution < -0.4 is 5.73 Å². The Bertz CT molecular complexity index is 413. The van der Waals surface area contributed by atoms with E-state index in [-0.39, 0.29) is 0 Å². The Balaban J connectivity index is 1.71. The zero-order valence-electron chi connectivity index (χ0n) is 13.3. The van der Waals surface area contributed by atoms with Gasteiger partial charge in [-0.05, 0) is 56.2 Å². The monoisotopic (exact) mass is 290 g/mol. The van der Waals surface area contributed by atoms with Crippen LogP contribution in [0, 0.1) is 11.8 Å². The second kappa shape index (κ2) is 6.97. The molecule has 0 aliphatic heterocycles. The first kappa shape index (κ1) is 15.1. The molecule has 1 aromatic heterocycles. The van der Waals surface area contributed by atoms with Crippen molar-refractivity contribution in [2.45, 2.75) is 70.5 Å². The molecule has 1 heterocycles. The van der Waals surface area contributed by atoms with Crippen LogP contribution in [0.25, 0.3) is 0 Å². The molecule has 0 radical (unpaired) electrons. The van der Waals surface area contributed by atoms with E-state index >= 15 is 0 Å². The molecule has 1 aromatic rings. The van der Waals surface area contributed by atoms with Crippen molar-refractivity contribution in [3.63, 3.8) is 0 Å². The molecular weight excluding hydrogens is 260 g/mol. The molecule has 2 aliphatic carbocycles. The zero-order valence-corrected chi connectivity index (χ0v) is 13.3. The zero-order chi connectivity index (χ0) is 14.7. The average molecular weight is 290 g/mol. The highest BCUT2D eigenvalue weighted by molar-refractivity contribution is 5.02. The van der Waals surface area contributed by atoms with Gasteiger partial charge in [-0.2, -0.15) is 0 Å². The maximum absolute atomic E-state index is 6.09. The van der Waals surface area contributed by atoms with E-state index < -0.39 is 0 Å². The van der Waals surface area contributed by atoms with E-state index in [0.29, 0.717) is 12.0 Å². The van der Waals surface area contributed by atoms with Gasteiger partial charge in [0.1, 0.15) is 5.76 Å². The van der Waals surface area contributed by atoms with E-state index in [1.165, 1.54) is 44.9 Å². The molecule has 3 heteroatoms. The van der Waals surface area contributed by atoms with Crippen molar-refractivity contribution in [1.82, 2.24) is 4.90 Å². The van der Waals surface area contributed by atoms with Crippen molar-refractivity contribution in [3.8, 4) is 0 Å². The summed E-state index contributed by atoms with van der Waals surface area (Å²) in [5.74, 6) is 2.68. The first-order chi connectivity index (χ1) is 10.3. The summed E-state index contributed by atoms with van der Waals surface area (Å²) in [4.78, 5) is 2.72. The molecule has 3 atom stereocenters. The van der Waals surface area contributed by atoms with Gasteiger partial charge in [0.25, 0.3) is 0 Å². The highest BCUT2D eigenvalue weighted by Gasteiger charge is 2.40. The third-order valence-corrected chi connectivity index (χ3v) is 5.42. The Morgan fingerprint density at radius 3 is 2.76 bits per heavy atom. The fourth-order valence-corrected chi connectivity index (χ4v) is 4.15. The molecule has 3 unspecified atom stereocenters. The van der Waals surface area contributed by atoms with Crippen molar-refractivity contribution < 1.29 is 4.42 Å². The Hall–Kier alpha value is -0.800. The van der Waals surface area contributed by atoms with E-state index in [4.69, 9.17) is 10.2 Å². The Labute approximate surface area is 128 Å². The number of hydrogen-bond donors (Lipinski definition) is 1. The van der Waals surface area contributed by atoms with E-state index in [1.807, 2.05) is 6.07 Å². The molecule has 21 heavy (non-hydrogen) atoms. The lowest BCUT2D eigenvalue weighted by Crippen LogP contribution is -2.47. The summed E-state index contributed by atoms with van der Waals surface area (Å²) in [5.41, 5.74) is 6.09. The fraction of sp³-hybridized carbons (Fsp3) is 0.778. The fourth-order valence-electron chi connectivity index (χ4n) is 4.15. The molecule has 0 bridgehead atoms. The second-order valence-electron chi connectivity index (χ2n) is 7.01. The summed E-state index contributed by atoms with van der Waals surface area (Å²) in [5, 5.41) is 0. The minimum absolute atomic E-state index is 0.665. The lowest BCUT2D eigenvalue weighted by molar-refractivity contribution is 0.0609. The number of rotatable bonds is 7. The van der Waals surface area contributed by atoms with Gasteiger partial charge in [0, 0.05) is 12.1 Å². The van der Waals surface area contributed by atoms with Crippen LogP contribution in [-0.2, 0) is 6.54 Å². The Morgan fingerprint density at radius 1 is 1.29 bits per heavy atom. The van der Waals surface area contributed by atoms with Crippen LogP contribution in [-0.4, -0.2) is 23.5 Å². The topological polar surface area (TPSA) is 42.4 Å². The lowest BCUT2D eigenvalue weighted by atomic mass is 9.76. The SMILES string of the molecule is CCCC1CCC(CN)C(N(Cc2ccco2)C2CC2)C1. The predicted octanol–water partition coefficient (Wildman–Crippen LogP) is 3.79. The lowest BCUT2D eigenvalue weighted by Gasteiger charge is -2.42. The summed E-state index contributed by atoms with van der Waals surface area (Å²) in [6.45, 7) is 4.12. The van der Waals surface area contributed by atoms with Gasteiger partial charge in [-0.1, -0.05) is 26.2 Å². The number of hydrogen-bond acceptors (Lipinski definition) is 3. The quantitative estimate of drug-likeness (QED) is 0.831. The van der Waals surface area contributed by atoms with E-state index in [2.05, 4.69) is 17.9 Å². The van der Waals surface area contributed by atoms with Crippen LogP contribution in [0.4, 0.5) is 0 Å². The average Bonchev–Trinajstić information content (AvgIpc) is 3.22. The van der Waals surface area contributed by atoms with E-state index in [1.54, 1.807) is 6.26 Å². The molecule has 2 fully saturated rings. The third kappa shape index (κ3) is 3.70. The van der Waals surface area contributed by atoms with Crippen molar-refractivity contribution in [2.75, 3.05) is 6.54 Å². The standard InChI is InChI=1S/C18H30N2O/c1-2-4-14-6-7-15(12-19)18(11-14)20(16-8-9-16)13-17-5-3-10-21-17/h3,5,10,14-16,18H,2,4,6-9,11-13,19H2,1H3. The van der Waals surface area contributed by atoms with Crippen LogP contribution in [0.15, 0.2) is 22.8 Å². The minimum Gasteiger partial charge on any atom is -0.468 e. The molecule has 0 spiro atoms. The first-order valence-electron chi connectivity index (χ1n) is 8.80. The van der Waals surface area contributed by atoms with Crippen LogP contribution in [0.3, 0.4) is 0 Å². The molecule has 3 nitrogen and oxygen atoms in total. The smallest absolute Gasteiger partial charge is 0.117 e. The summed E-state index contributed by atoms with van der Waals surface area (Å²) in [6, 6.07) is 5.55. The van der Waals surface area contributed by atoms with Gasteiger partial charge in [0.15, 0.2) is 0 Å². The van der Waals surface area contributed by atoms with Crippen molar-refractivity contribution in [3.05, 3.63) is 24.2 Å². The number of nitrogens with two attached hydrogens (primary N) is 1. The molecule has 0 amide bonds. The third-order valence-electron chi connectivity index (χ3n) is 5.42. The normalized spacial score (nSPS) is 30.0. The van der Waals surface area contributed by atoms with Gasteiger partial charge in [0.05, 0.1) is 12.8 Å². The van der Waals surface area contributed by atoms with Gasteiger partial charge in [-0.25, -0.2) is 0 Å². The summed E-state index contributed by atoms with van der Waals surface area (Å²) in [7, 11) is 0. The van der Waals surface area contributed by atoms with Crippen LogP contribution in [0.5, 0.6) is 0 Å². The molecule has 0 aromatic carbocycles. The predicted molar refractivity (Wildman–Crippen MR) is 85.9 cm³/mol. The highest BCUT2D eigenvalue weighted by atomic mass is 16.3. The first-order valence-corrected chi connectivity index (χ1v) is 8.80. The Morgan fingerprint density at radius 2 is 2.14 bits per heavy atom. The van der Waals surface area contributed by atoms with Crippen LogP contribution >= 0.6 is 0 Å². The minimum atomic E-state index is 0.665. The molecule has 2 saturated carbocycles. The summed E-state index contributed by atoms with van der Waals surface area (Å²) >= 11 is 0. The maximum Gasteiger partial charge on any atom is 0.117 e. The van der Waals surface area contributed by atoms with Gasteiger partial charge in [0.2, 0.25) is 0 Å². The van der Waals surface area contributed by atoms with E-state index in [9.17, 15) is 0 Å². The van der Waals surface area contributed by atoms with E-state index in [0.717, 1.165) is 30.8 Å². The summed E-state index contributed by atoms with van der Waals surface area (Å²) in [6.07, 6.45) is 11.2. The van der Waals surface area contributed by atoms with Crippen molar-refractivity contribution >= 4 is 0 Å². The molecule has 118 valence electrons. The van der Waals surface area contributed by atoms with Crippen molar-refractivity contribution in [2.24, 2.45) is 17.6 Å². The molecule has 3 rings (SSSR count). The van der Waals surface area contributed by atoms with Crippen molar-refractivity contribution in [1.29, 1.82) is 0 Å². The largest absolute Gasteiger partial charge is 0.468 e. The van der Waals surface area contributed by atoms with Crippen LogP contribution in [0.1, 0.15) is 57.6 Å². The van der Waals surface area contributed by atoms with Gasteiger partial charge >= 0.3 is 0 Å². The van der Waals surface area contributed by atoms with Gasteiger partial charge in [-0.3, -0.25) is 4.90 Å². The summed E-state index contributed by atoms with van der Waals surface area (Å²) < 4.78 is 5.60. The molecular formula is C18H30N2O. The molecule has 2 aliphatic rings. The number of furan rings is 1.